The van der Waals surface area contributed by atoms with Gasteiger partial charge in [-0.15, -0.1) is 0 Å². The molecule has 0 spiro atoms. The lowest BCUT2D eigenvalue weighted by Gasteiger charge is -2.12. The number of benzene rings is 6. The SMILES string of the molecule is Brc1ccc(-c2nc(-c3cccc(-c4ccccc4)c3)nc(-c3cccc(-c4ccccc4)c3)n2)c2ccccc12. The van der Waals surface area contributed by atoms with Gasteiger partial charge in [0.15, 0.2) is 17.5 Å². The van der Waals surface area contributed by atoms with Crippen LogP contribution in [0.25, 0.3) is 67.2 Å². The Labute approximate surface area is 247 Å². The summed E-state index contributed by atoms with van der Waals surface area (Å²) in [6.07, 6.45) is 0. The summed E-state index contributed by atoms with van der Waals surface area (Å²) < 4.78 is 1.04. The third-order valence-electron chi connectivity index (χ3n) is 7.20. The van der Waals surface area contributed by atoms with Gasteiger partial charge in [-0.2, -0.15) is 0 Å². The van der Waals surface area contributed by atoms with Gasteiger partial charge in [0.1, 0.15) is 0 Å². The van der Waals surface area contributed by atoms with E-state index in [4.69, 9.17) is 15.0 Å². The molecule has 0 fully saturated rings. The molecule has 194 valence electrons. The lowest BCUT2D eigenvalue weighted by molar-refractivity contribution is 1.08. The quantitative estimate of drug-likeness (QED) is 0.200. The van der Waals surface area contributed by atoms with Crippen LogP contribution < -0.4 is 0 Å². The van der Waals surface area contributed by atoms with Crippen LogP contribution in [0.1, 0.15) is 0 Å². The van der Waals surface area contributed by atoms with Gasteiger partial charge in [-0.05, 0) is 57.3 Å². The van der Waals surface area contributed by atoms with E-state index >= 15 is 0 Å². The Bertz CT molecular complexity index is 1900. The van der Waals surface area contributed by atoms with Crippen LogP contribution in [0.4, 0.5) is 0 Å². The van der Waals surface area contributed by atoms with Crippen LogP contribution in [0.5, 0.6) is 0 Å². The van der Waals surface area contributed by atoms with Crippen LogP contribution in [-0.2, 0) is 0 Å². The second kappa shape index (κ2) is 10.9. The van der Waals surface area contributed by atoms with Crippen LogP contribution in [0.3, 0.4) is 0 Å². The Morgan fingerprint density at radius 3 is 1.34 bits per heavy atom. The number of aromatic nitrogens is 3. The van der Waals surface area contributed by atoms with Gasteiger partial charge in [0.05, 0.1) is 0 Å². The Hall–Kier alpha value is -4.93. The summed E-state index contributed by atoms with van der Waals surface area (Å²) in [7, 11) is 0. The Balaban J connectivity index is 1.43. The van der Waals surface area contributed by atoms with Gasteiger partial charge in [-0.1, -0.05) is 137 Å². The fourth-order valence-corrected chi connectivity index (χ4v) is 5.63. The summed E-state index contributed by atoms with van der Waals surface area (Å²) >= 11 is 3.71. The fourth-order valence-electron chi connectivity index (χ4n) is 5.15. The first-order valence-corrected chi connectivity index (χ1v) is 14.3. The van der Waals surface area contributed by atoms with Crippen LogP contribution in [0.2, 0.25) is 0 Å². The molecule has 7 rings (SSSR count). The highest BCUT2D eigenvalue weighted by Crippen LogP contribution is 2.34. The second-order valence-corrected chi connectivity index (χ2v) is 10.7. The van der Waals surface area contributed by atoms with Crippen molar-refractivity contribution in [1.29, 1.82) is 0 Å². The smallest absolute Gasteiger partial charge is 0.164 e. The number of hydrogen-bond acceptors (Lipinski definition) is 3. The minimum Gasteiger partial charge on any atom is -0.208 e. The maximum atomic E-state index is 5.06. The van der Waals surface area contributed by atoms with E-state index in [1.54, 1.807) is 0 Å². The Morgan fingerprint density at radius 2 is 0.780 bits per heavy atom. The lowest BCUT2D eigenvalue weighted by Crippen LogP contribution is -2.01. The summed E-state index contributed by atoms with van der Waals surface area (Å²) in [4.78, 5) is 15.1. The number of fused-ring (bicyclic) bond motifs is 1. The number of hydrogen-bond donors (Lipinski definition) is 0. The maximum Gasteiger partial charge on any atom is 0.164 e. The Morgan fingerprint density at radius 1 is 0.341 bits per heavy atom. The van der Waals surface area contributed by atoms with Crippen molar-refractivity contribution in [3.05, 3.63) is 150 Å². The van der Waals surface area contributed by atoms with Gasteiger partial charge in [-0.25, -0.2) is 15.0 Å². The molecule has 3 nitrogen and oxygen atoms in total. The molecule has 0 aliphatic heterocycles. The minimum absolute atomic E-state index is 0.639. The molecule has 0 saturated heterocycles. The van der Waals surface area contributed by atoms with E-state index in [9.17, 15) is 0 Å². The molecular formula is C37H24BrN3. The molecule has 1 aromatic heterocycles. The number of halogens is 1. The maximum absolute atomic E-state index is 5.06. The third kappa shape index (κ3) is 5.06. The lowest BCUT2D eigenvalue weighted by atomic mass is 10.0. The number of nitrogens with zero attached hydrogens (tertiary/aromatic N) is 3. The molecule has 0 aliphatic carbocycles. The zero-order valence-electron chi connectivity index (χ0n) is 22.1. The highest BCUT2D eigenvalue weighted by molar-refractivity contribution is 9.10. The van der Waals surface area contributed by atoms with Crippen LogP contribution in [-0.4, -0.2) is 15.0 Å². The average molecular weight is 591 g/mol. The van der Waals surface area contributed by atoms with Gasteiger partial charge in [0.25, 0.3) is 0 Å². The summed E-state index contributed by atoms with van der Waals surface area (Å²) in [6.45, 7) is 0. The van der Waals surface area contributed by atoms with Crippen molar-refractivity contribution in [3.8, 4) is 56.4 Å². The van der Waals surface area contributed by atoms with E-state index in [2.05, 4.69) is 137 Å². The summed E-state index contributed by atoms with van der Waals surface area (Å²) in [6, 6.07) is 50.0. The zero-order valence-corrected chi connectivity index (χ0v) is 23.7. The minimum atomic E-state index is 0.639. The first-order chi connectivity index (χ1) is 20.2. The number of rotatable bonds is 5. The highest BCUT2D eigenvalue weighted by atomic mass is 79.9. The largest absolute Gasteiger partial charge is 0.208 e. The summed E-state index contributed by atoms with van der Waals surface area (Å²) in [5.74, 6) is 1.92. The highest BCUT2D eigenvalue weighted by Gasteiger charge is 2.16. The van der Waals surface area contributed by atoms with Crippen molar-refractivity contribution in [2.24, 2.45) is 0 Å². The van der Waals surface area contributed by atoms with Gasteiger partial charge in [0, 0.05) is 21.2 Å². The topological polar surface area (TPSA) is 38.7 Å². The first-order valence-electron chi connectivity index (χ1n) is 13.5. The monoisotopic (exact) mass is 589 g/mol. The van der Waals surface area contributed by atoms with Crippen LogP contribution in [0, 0.1) is 0 Å². The zero-order chi connectivity index (χ0) is 27.6. The van der Waals surface area contributed by atoms with Crippen molar-refractivity contribution in [3.63, 3.8) is 0 Å². The molecule has 0 aliphatic rings. The van der Waals surface area contributed by atoms with E-state index in [0.717, 1.165) is 54.2 Å². The average Bonchev–Trinajstić information content (AvgIpc) is 3.06. The molecule has 0 unspecified atom stereocenters. The molecule has 4 heteroatoms. The predicted molar refractivity (Wildman–Crippen MR) is 172 cm³/mol. The van der Waals surface area contributed by atoms with Gasteiger partial charge in [0.2, 0.25) is 0 Å². The van der Waals surface area contributed by atoms with E-state index < -0.39 is 0 Å². The summed E-state index contributed by atoms with van der Waals surface area (Å²) in [5, 5.41) is 2.20. The third-order valence-corrected chi connectivity index (χ3v) is 7.89. The molecule has 0 N–H and O–H groups in total. The van der Waals surface area contributed by atoms with E-state index in [0.29, 0.717) is 17.5 Å². The second-order valence-electron chi connectivity index (χ2n) is 9.84. The van der Waals surface area contributed by atoms with Crippen molar-refractivity contribution in [2.45, 2.75) is 0 Å². The van der Waals surface area contributed by atoms with Crippen LogP contribution in [0.15, 0.2) is 150 Å². The van der Waals surface area contributed by atoms with Crippen molar-refractivity contribution in [1.82, 2.24) is 15.0 Å². The molecular weight excluding hydrogens is 566 g/mol. The normalized spacial score (nSPS) is 11.0. The first kappa shape index (κ1) is 25.1. The molecule has 0 atom stereocenters. The van der Waals surface area contributed by atoms with Gasteiger partial charge < -0.3 is 0 Å². The Kier molecular flexibility index (Phi) is 6.67. The van der Waals surface area contributed by atoms with Crippen molar-refractivity contribution in [2.75, 3.05) is 0 Å². The fraction of sp³-hybridized carbons (Fsp3) is 0. The predicted octanol–water partition coefficient (Wildman–Crippen LogP) is 10.1. The molecule has 0 bridgehead atoms. The van der Waals surface area contributed by atoms with E-state index in [1.165, 1.54) is 0 Å². The van der Waals surface area contributed by atoms with Crippen molar-refractivity contribution < 1.29 is 0 Å². The molecule has 1 heterocycles. The molecule has 41 heavy (non-hydrogen) atoms. The molecule has 0 saturated carbocycles. The standard InChI is InChI=1S/C37H24BrN3/c38-34-22-21-33(31-19-7-8-20-32(31)34)37-40-35(29-17-9-15-27(23-29)25-11-3-1-4-12-25)39-36(41-37)30-18-10-16-28(24-30)26-13-5-2-6-14-26/h1-24H. The summed E-state index contributed by atoms with van der Waals surface area (Å²) in [5.41, 5.74) is 7.39. The molecule has 0 amide bonds. The molecule has 6 aromatic carbocycles. The van der Waals surface area contributed by atoms with Gasteiger partial charge in [-0.3, -0.25) is 0 Å². The van der Waals surface area contributed by atoms with Crippen molar-refractivity contribution >= 4 is 26.7 Å². The van der Waals surface area contributed by atoms with E-state index in [1.807, 2.05) is 24.3 Å². The van der Waals surface area contributed by atoms with Crippen LogP contribution >= 0.6 is 15.9 Å². The molecule has 7 aromatic rings. The molecule has 0 radical (unpaired) electrons. The van der Waals surface area contributed by atoms with E-state index in [-0.39, 0.29) is 0 Å². The van der Waals surface area contributed by atoms with Gasteiger partial charge >= 0.3 is 0 Å².